The number of halogens is 1. The van der Waals surface area contributed by atoms with E-state index in [2.05, 4.69) is 22.6 Å². The Labute approximate surface area is 130 Å². The number of nitrogens with zero attached hydrogens (tertiary/aromatic N) is 1. The first-order valence-electron chi connectivity index (χ1n) is 6.71. The van der Waals surface area contributed by atoms with Crippen molar-refractivity contribution in [2.24, 2.45) is 0 Å². The quantitative estimate of drug-likeness (QED) is 0.586. The van der Waals surface area contributed by atoms with Crippen LogP contribution in [0.5, 0.6) is 5.75 Å². The SMILES string of the molecule is [3H]C1Cn2cc(C(=O)OCC)c(=O)c3cc(I)cc(c32)O1. The summed E-state index contributed by atoms with van der Waals surface area (Å²) >= 11 is 2.08. The van der Waals surface area contributed by atoms with Crippen molar-refractivity contribution in [3.8, 4) is 5.75 Å². The molecule has 5 nitrogen and oxygen atoms in total. The molecule has 2 heterocycles. The van der Waals surface area contributed by atoms with E-state index in [1.54, 1.807) is 23.6 Å². The first-order chi connectivity index (χ1) is 10.0. The molecule has 0 aliphatic carbocycles. The van der Waals surface area contributed by atoms with Gasteiger partial charge in [-0.15, -0.1) is 0 Å². The minimum atomic E-state index is -0.767. The largest absolute Gasteiger partial charge is 0.489 e. The van der Waals surface area contributed by atoms with Gasteiger partial charge >= 0.3 is 5.97 Å². The average molecular weight is 387 g/mol. The first-order valence-corrected chi connectivity index (χ1v) is 7.22. The molecule has 0 saturated heterocycles. The van der Waals surface area contributed by atoms with Gasteiger partial charge in [-0.2, -0.15) is 0 Å². The minimum Gasteiger partial charge on any atom is -0.489 e. The molecule has 1 aliphatic rings. The van der Waals surface area contributed by atoms with E-state index < -0.39 is 12.6 Å². The third-order valence-electron chi connectivity index (χ3n) is 3.08. The highest BCUT2D eigenvalue weighted by atomic mass is 127. The topological polar surface area (TPSA) is 57.5 Å². The van der Waals surface area contributed by atoms with E-state index in [4.69, 9.17) is 10.8 Å². The highest BCUT2D eigenvalue weighted by Gasteiger charge is 2.21. The lowest BCUT2D eigenvalue weighted by Crippen LogP contribution is -2.24. The second kappa shape index (κ2) is 5.08. The van der Waals surface area contributed by atoms with Crippen LogP contribution >= 0.6 is 22.6 Å². The second-order valence-electron chi connectivity index (χ2n) is 4.33. The number of pyridine rings is 1. The predicted molar refractivity (Wildman–Crippen MR) is 82.4 cm³/mol. The second-order valence-corrected chi connectivity index (χ2v) is 5.57. The maximum absolute atomic E-state index is 12.5. The third-order valence-corrected chi connectivity index (χ3v) is 3.70. The number of benzene rings is 1. The Morgan fingerprint density at radius 2 is 2.40 bits per heavy atom. The summed E-state index contributed by atoms with van der Waals surface area (Å²) in [5.74, 6) is -0.141. The molecule has 6 heteroatoms. The molecule has 1 unspecified atom stereocenters. The molecule has 0 radical (unpaired) electrons. The zero-order valence-corrected chi connectivity index (χ0v) is 12.8. The van der Waals surface area contributed by atoms with Crippen molar-refractivity contribution in [2.75, 3.05) is 13.2 Å². The van der Waals surface area contributed by atoms with Gasteiger partial charge in [0.1, 0.15) is 17.9 Å². The van der Waals surface area contributed by atoms with E-state index >= 15 is 0 Å². The summed E-state index contributed by atoms with van der Waals surface area (Å²) < 4.78 is 20.7. The number of esters is 1. The monoisotopic (exact) mass is 387 g/mol. The van der Waals surface area contributed by atoms with Crippen LogP contribution in [0, 0.1) is 3.57 Å². The highest BCUT2D eigenvalue weighted by molar-refractivity contribution is 14.1. The molecule has 104 valence electrons. The van der Waals surface area contributed by atoms with E-state index in [0.29, 0.717) is 16.7 Å². The van der Waals surface area contributed by atoms with Crippen molar-refractivity contribution in [1.29, 1.82) is 0 Å². The van der Waals surface area contributed by atoms with Crippen LogP contribution in [0.2, 0.25) is 0 Å². The van der Waals surface area contributed by atoms with Gasteiger partial charge in [0.25, 0.3) is 0 Å². The van der Waals surface area contributed by atoms with Gasteiger partial charge in [-0.05, 0) is 41.6 Å². The summed E-state index contributed by atoms with van der Waals surface area (Å²) in [5, 5.41) is 0.411. The molecule has 2 aromatic rings. The predicted octanol–water partition coefficient (Wildman–Crippen LogP) is 2.18. The Hall–Kier alpha value is -1.57. The van der Waals surface area contributed by atoms with Gasteiger partial charge in [-0.1, -0.05) is 0 Å². The fourth-order valence-electron chi connectivity index (χ4n) is 2.26. The average Bonchev–Trinajstić information content (AvgIpc) is 2.41. The van der Waals surface area contributed by atoms with E-state index in [0.717, 1.165) is 3.57 Å². The molecule has 0 amide bonds. The fraction of sp³-hybridized carbons (Fsp3) is 0.286. The van der Waals surface area contributed by atoms with Gasteiger partial charge in [-0.3, -0.25) is 4.79 Å². The summed E-state index contributed by atoms with van der Waals surface area (Å²) in [6, 6.07) is 3.50. The van der Waals surface area contributed by atoms with Gasteiger partial charge in [0.15, 0.2) is 0 Å². The van der Waals surface area contributed by atoms with Crippen molar-refractivity contribution in [3.63, 3.8) is 0 Å². The summed E-state index contributed by atoms with van der Waals surface area (Å²) in [5.41, 5.74) is 0.245. The lowest BCUT2D eigenvalue weighted by molar-refractivity contribution is 0.0524. The van der Waals surface area contributed by atoms with E-state index in [1.165, 1.54) is 6.20 Å². The normalized spacial score (nSPS) is 17.5. The number of ether oxygens (including phenoxy) is 2. The fourth-order valence-corrected chi connectivity index (χ4v) is 2.86. The number of hydrogen-bond acceptors (Lipinski definition) is 4. The van der Waals surface area contributed by atoms with Crippen LogP contribution < -0.4 is 10.2 Å². The maximum Gasteiger partial charge on any atom is 0.343 e. The minimum absolute atomic E-state index is 0.00796. The Bertz CT molecular complexity index is 802. The number of aryl methyl sites for hydroxylation is 1. The summed E-state index contributed by atoms with van der Waals surface area (Å²) in [7, 11) is 0. The maximum atomic E-state index is 12.5. The van der Waals surface area contributed by atoms with Gasteiger partial charge in [-0.25, -0.2) is 4.79 Å². The molecule has 1 atom stereocenters. The Morgan fingerprint density at radius 1 is 1.60 bits per heavy atom. The summed E-state index contributed by atoms with van der Waals surface area (Å²) in [4.78, 5) is 24.4. The molecule has 1 aromatic heterocycles. The summed E-state index contributed by atoms with van der Waals surface area (Å²) in [6.07, 6.45) is 1.46. The van der Waals surface area contributed by atoms with Gasteiger partial charge in [0.05, 0.1) is 25.4 Å². The van der Waals surface area contributed by atoms with E-state index in [-0.39, 0.29) is 24.1 Å². The van der Waals surface area contributed by atoms with Crippen molar-refractivity contribution < 1.29 is 15.6 Å². The summed E-state index contributed by atoms with van der Waals surface area (Å²) in [6.45, 7) is 1.39. The molecule has 0 N–H and O–H groups in total. The zero-order chi connectivity index (χ0) is 15.1. The molecule has 0 fully saturated rings. The Kier molecular flexibility index (Phi) is 3.10. The van der Waals surface area contributed by atoms with Crippen LogP contribution in [0.25, 0.3) is 10.9 Å². The Morgan fingerprint density at radius 3 is 3.15 bits per heavy atom. The lowest BCUT2D eigenvalue weighted by atomic mass is 10.1. The molecule has 0 spiro atoms. The zero-order valence-electron chi connectivity index (χ0n) is 11.7. The number of carbonyl (C=O) groups is 1. The number of rotatable bonds is 2. The van der Waals surface area contributed by atoms with Crippen LogP contribution in [-0.2, 0) is 11.3 Å². The molecular formula is C14H12INO4. The van der Waals surface area contributed by atoms with Crippen LogP contribution in [0.1, 0.15) is 18.7 Å². The standard InChI is InChI=1S/C14H12INO4/c1-2-19-14(18)10-7-16-3-4-20-11-6-8(15)5-9(12(11)16)13(10)17/h5-7H,2-4H2,1H3/i4T. The molecule has 1 aliphatic heterocycles. The number of aromatic nitrogens is 1. The molecule has 0 bridgehead atoms. The third kappa shape index (κ3) is 2.07. The number of carbonyl (C=O) groups excluding carboxylic acids is 1. The molecule has 3 rings (SSSR count). The van der Waals surface area contributed by atoms with Gasteiger partial charge < -0.3 is 14.0 Å². The highest BCUT2D eigenvalue weighted by Crippen LogP contribution is 2.29. The van der Waals surface area contributed by atoms with Gasteiger partial charge in [0, 0.05) is 9.77 Å². The van der Waals surface area contributed by atoms with Crippen molar-refractivity contribution in [2.45, 2.75) is 13.5 Å². The van der Waals surface area contributed by atoms with Crippen molar-refractivity contribution in [3.05, 3.63) is 37.7 Å². The van der Waals surface area contributed by atoms with E-state index in [9.17, 15) is 9.59 Å². The van der Waals surface area contributed by atoms with Gasteiger partial charge in [0.2, 0.25) is 5.43 Å². The smallest absolute Gasteiger partial charge is 0.343 e. The first kappa shape index (κ1) is 12.2. The molecule has 1 aromatic carbocycles. The molecule has 0 saturated carbocycles. The van der Waals surface area contributed by atoms with Crippen molar-refractivity contribution in [1.82, 2.24) is 4.57 Å². The van der Waals surface area contributed by atoms with Crippen LogP contribution in [0.15, 0.2) is 23.1 Å². The molecule has 20 heavy (non-hydrogen) atoms. The number of hydrogen-bond donors (Lipinski definition) is 0. The van der Waals surface area contributed by atoms with Crippen LogP contribution in [-0.4, -0.2) is 23.7 Å². The Balaban J connectivity index is 2.34. The lowest BCUT2D eigenvalue weighted by Gasteiger charge is -2.21. The van der Waals surface area contributed by atoms with Crippen molar-refractivity contribution >= 4 is 39.5 Å². The molecular weight excluding hydrogens is 373 g/mol. The van der Waals surface area contributed by atoms with E-state index in [1.807, 2.05) is 0 Å². The van der Waals surface area contributed by atoms with Crippen LogP contribution in [0.4, 0.5) is 0 Å². The van der Waals surface area contributed by atoms with Crippen LogP contribution in [0.3, 0.4) is 0 Å².